The molecule has 0 aromatic heterocycles. The predicted molar refractivity (Wildman–Crippen MR) is 74.8 cm³/mol. The largest absolute Gasteiger partial charge is 0.417 e. The minimum Gasteiger partial charge on any atom is -0.316 e. The molecule has 0 amide bonds. The second-order valence-corrected chi connectivity index (χ2v) is 7.76. The molecule has 9 heteroatoms. The molecule has 0 aliphatic carbocycles. The maximum Gasteiger partial charge on any atom is 0.417 e. The maximum absolute atomic E-state index is 12.8. The summed E-state index contributed by atoms with van der Waals surface area (Å²) in [5, 5.41) is 12.1. The highest BCUT2D eigenvalue weighted by Gasteiger charge is 2.42. The van der Waals surface area contributed by atoms with Crippen LogP contribution in [-0.2, 0) is 16.2 Å². The molecule has 1 N–H and O–H groups in total. The van der Waals surface area contributed by atoms with Crippen LogP contribution in [0.25, 0.3) is 0 Å². The third kappa shape index (κ3) is 2.82. The summed E-state index contributed by atoms with van der Waals surface area (Å²) >= 11 is 0. The lowest BCUT2D eigenvalue weighted by Gasteiger charge is -2.18. The fourth-order valence-electron chi connectivity index (χ4n) is 3.18. The molecule has 2 fully saturated rings. The Hall–Kier alpha value is -1.63. The molecule has 0 spiro atoms. The van der Waals surface area contributed by atoms with Gasteiger partial charge in [-0.25, -0.2) is 8.42 Å². The van der Waals surface area contributed by atoms with E-state index >= 15 is 0 Å². The van der Waals surface area contributed by atoms with E-state index in [0.29, 0.717) is 19.2 Å². The summed E-state index contributed by atoms with van der Waals surface area (Å²) < 4.78 is 64.9. The van der Waals surface area contributed by atoms with Crippen molar-refractivity contribution >= 4 is 10.0 Å². The molecule has 2 aliphatic heterocycles. The van der Waals surface area contributed by atoms with E-state index in [4.69, 9.17) is 5.26 Å². The van der Waals surface area contributed by atoms with Crippen molar-refractivity contribution in [1.29, 1.82) is 5.26 Å². The molecule has 0 bridgehead atoms. The summed E-state index contributed by atoms with van der Waals surface area (Å²) in [5.41, 5.74) is -1.80. The van der Waals surface area contributed by atoms with Gasteiger partial charge in [0.15, 0.2) is 0 Å². The highest BCUT2D eigenvalue weighted by Crippen LogP contribution is 2.35. The fraction of sp³-hybridized carbons (Fsp3) is 0.500. The first-order valence-electron chi connectivity index (χ1n) is 7.05. The number of sulfonamides is 1. The quantitative estimate of drug-likeness (QED) is 0.880. The van der Waals surface area contributed by atoms with Gasteiger partial charge in [-0.1, -0.05) is 0 Å². The molecule has 1 aromatic rings. The molecule has 3 rings (SSSR count). The number of fused-ring (bicyclic) bond motifs is 1. The molecule has 0 unspecified atom stereocenters. The lowest BCUT2D eigenvalue weighted by Crippen LogP contribution is -2.32. The number of nitrogens with one attached hydrogen (secondary N) is 1. The number of hydrogen-bond donors (Lipinski definition) is 1. The zero-order valence-electron chi connectivity index (χ0n) is 12.0. The number of halogens is 3. The smallest absolute Gasteiger partial charge is 0.316 e. The van der Waals surface area contributed by atoms with Gasteiger partial charge >= 0.3 is 6.18 Å². The van der Waals surface area contributed by atoms with E-state index in [9.17, 15) is 21.6 Å². The minimum absolute atomic E-state index is 0.231. The molecule has 124 valence electrons. The van der Waals surface area contributed by atoms with Gasteiger partial charge in [-0.3, -0.25) is 0 Å². The Morgan fingerprint density at radius 2 is 1.83 bits per heavy atom. The Labute approximate surface area is 131 Å². The van der Waals surface area contributed by atoms with Crippen LogP contribution >= 0.6 is 0 Å². The van der Waals surface area contributed by atoms with E-state index < -0.39 is 27.3 Å². The summed E-state index contributed by atoms with van der Waals surface area (Å²) in [5.74, 6) is 0.462. The molecule has 0 radical (unpaired) electrons. The number of nitrogens with zero attached hydrogens (tertiary/aromatic N) is 2. The lowest BCUT2D eigenvalue weighted by molar-refractivity contribution is -0.137. The van der Waals surface area contributed by atoms with Crippen molar-refractivity contribution in [1.82, 2.24) is 9.62 Å². The predicted octanol–water partition coefficient (Wildman–Crippen LogP) is 1.42. The first-order chi connectivity index (χ1) is 10.7. The van der Waals surface area contributed by atoms with Crippen LogP contribution in [0.4, 0.5) is 13.2 Å². The topological polar surface area (TPSA) is 73.2 Å². The number of hydrogen-bond acceptors (Lipinski definition) is 4. The van der Waals surface area contributed by atoms with Crippen molar-refractivity contribution in [2.45, 2.75) is 11.1 Å². The highest BCUT2D eigenvalue weighted by molar-refractivity contribution is 7.89. The number of rotatable bonds is 2. The summed E-state index contributed by atoms with van der Waals surface area (Å²) in [6, 6.07) is 3.82. The van der Waals surface area contributed by atoms with E-state index in [1.54, 1.807) is 0 Å². The Balaban J connectivity index is 1.94. The summed E-state index contributed by atoms with van der Waals surface area (Å²) in [6.07, 6.45) is -4.69. The molecular weight excluding hydrogens is 331 g/mol. The van der Waals surface area contributed by atoms with Gasteiger partial charge in [0.2, 0.25) is 10.0 Å². The van der Waals surface area contributed by atoms with Gasteiger partial charge in [0.05, 0.1) is 22.1 Å². The molecule has 2 saturated heterocycles. The van der Waals surface area contributed by atoms with E-state index in [2.05, 4.69) is 5.32 Å². The van der Waals surface area contributed by atoms with Gasteiger partial charge in [-0.05, 0) is 43.1 Å². The van der Waals surface area contributed by atoms with Crippen LogP contribution in [0.1, 0.15) is 11.1 Å². The molecule has 23 heavy (non-hydrogen) atoms. The van der Waals surface area contributed by atoms with Gasteiger partial charge in [-0.15, -0.1) is 0 Å². The van der Waals surface area contributed by atoms with Crippen LogP contribution in [0.2, 0.25) is 0 Å². The normalized spacial score (nSPS) is 25.3. The van der Waals surface area contributed by atoms with E-state index in [1.165, 1.54) is 10.4 Å². The molecule has 2 heterocycles. The van der Waals surface area contributed by atoms with Crippen LogP contribution in [0, 0.1) is 23.2 Å². The van der Waals surface area contributed by atoms with Crippen molar-refractivity contribution in [3.05, 3.63) is 29.3 Å². The average Bonchev–Trinajstić information content (AvgIpc) is 3.07. The van der Waals surface area contributed by atoms with Crippen LogP contribution in [-0.4, -0.2) is 38.9 Å². The second kappa shape index (κ2) is 5.47. The van der Waals surface area contributed by atoms with Crippen molar-refractivity contribution < 1.29 is 21.6 Å². The molecule has 1 aromatic carbocycles. The van der Waals surface area contributed by atoms with Crippen molar-refractivity contribution in [2.24, 2.45) is 11.8 Å². The molecule has 0 saturated carbocycles. The average molecular weight is 345 g/mol. The second-order valence-electron chi connectivity index (χ2n) is 5.82. The Morgan fingerprint density at radius 1 is 1.22 bits per heavy atom. The highest BCUT2D eigenvalue weighted by atomic mass is 32.2. The zero-order valence-corrected chi connectivity index (χ0v) is 12.8. The standard InChI is InChI=1S/C14H14F3N3O2S/c15-14(16,17)13-2-1-12(3-9(13)4-18)23(21,22)20-7-10-5-19-6-11(10)8-20/h1-3,10-11,19H,5-8H2/t10-,11+. The number of alkyl halides is 3. The van der Waals surface area contributed by atoms with Gasteiger partial charge < -0.3 is 5.32 Å². The van der Waals surface area contributed by atoms with Gasteiger partial charge in [-0.2, -0.15) is 22.7 Å². The van der Waals surface area contributed by atoms with Crippen LogP contribution < -0.4 is 5.32 Å². The van der Waals surface area contributed by atoms with E-state index in [1.807, 2.05) is 0 Å². The van der Waals surface area contributed by atoms with Crippen molar-refractivity contribution in [3.63, 3.8) is 0 Å². The Morgan fingerprint density at radius 3 is 2.35 bits per heavy atom. The van der Waals surface area contributed by atoms with Crippen LogP contribution in [0.15, 0.2) is 23.1 Å². The first kappa shape index (κ1) is 16.2. The van der Waals surface area contributed by atoms with Crippen molar-refractivity contribution in [2.75, 3.05) is 26.2 Å². The summed E-state index contributed by atoms with van der Waals surface area (Å²) in [7, 11) is -3.89. The van der Waals surface area contributed by atoms with Gasteiger partial charge in [0.1, 0.15) is 0 Å². The van der Waals surface area contributed by atoms with Crippen LogP contribution in [0.3, 0.4) is 0 Å². The summed E-state index contributed by atoms with van der Waals surface area (Å²) in [4.78, 5) is -0.269. The third-order valence-corrected chi connectivity index (χ3v) is 6.24. The zero-order chi connectivity index (χ0) is 16.8. The first-order valence-corrected chi connectivity index (χ1v) is 8.49. The molecular formula is C14H14F3N3O2S. The number of nitriles is 1. The van der Waals surface area contributed by atoms with Crippen LogP contribution in [0.5, 0.6) is 0 Å². The van der Waals surface area contributed by atoms with Crippen molar-refractivity contribution in [3.8, 4) is 6.07 Å². The Bertz CT molecular complexity index is 758. The maximum atomic E-state index is 12.8. The third-order valence-electron chi connectivity index (χ3n) is 4.41. The summed E-state index contributed by atoms with van der Waals surface area (Å²) in [6.45, 7) is 2.19. The minimum atomic E-state index is -4.69. The fourth-order valence-corrected chi connectivity index (χ4v) is 4.76. The molecule has 5 nitrogen and oxygen atoms in total. The SMILES string of the molecule is N#Cc1cc(S(=O)(=O)N2C[C@H]3CNC[C@H]3C2)ccc1C(F)(F)F. The van der Waals surface area contributed by atoms with Gasteiger partial charge in [0.25, 0.3) is 0 Å². The lowest BCUT2D eigenvalue weighted by atomic mass is 10.0. The molecule has 2 aliphatic rings. The van der Waals surface area contributed by atoms with Gasteiger partial charge in [0, 0.05) is 13.1 Å². The van der Waals surface area contributed by atoms with E-state index in [0.717, 1.165) is 25.2 Å². The van der Waals surface area contributed by atoms with E-state index in [-0.39, 0.29) is 16.7 Å². The molecule has 2 atom stereocenters. The number of benzene rings is 1. The Kier molecular flexibility index (Phi) is 3.86. The monoisotopic (exact) mass is 345 g/mol.